The monoisotopic (exact) mass is 1150 g/mol. The highest BCUT2D eigenvalue weighted by Gasteiger charge is 2.17. The molecule has 4 heterocycles. The second-order valence-electron chi connectivity index (χ2n) is 26.2. The molecule has 3 aromatic carbocycles. The van der Waals surface area contributed by atoms with Gasteiger partial charge in [0.1, 0.15) is 11.6 Å². The van der Waals surface area contributed by atoms with Crippen LogP contribution < -0.4 is 0 Å². The molecular formula is C74H124F2O6. The first-order valence-electron chi connectivity index (χ1n) is 32.2. The van der Waals surface area contributed by atoms with E-state index in [1.165, 1.54) is 113 Å². The maximum atomic E-state index is 12.6. The fourth-order valence-electron chi connectivity index (χ4n) is 9.07. The molecule has 0 radical (unpaired) electrons. The van der Waals surface area contributed by atoms with Gasteiger partial charge in [-0.15, -0.1) is 0 Å². The van der Waals surface area contributed by atoms with Crippen LogP contribution in [0.15, 0.2) is 84.0 Å². The summed E-state index contributed by atoms with van der Waals surface area (Å²) in [5.41, 5.74) is 9.19. The summed E-state index contributed by atoms with van der Waals surface area (Å²) in [5, 5.41) is 0. The lowest BCUT2D eigenvalue weighted by Crippen LogP contribution is -2.27. The van der Waals surface area contributed by atoms with Crippen LogP contribution in [0.5, 0.6) is 0 Å². The predicted octanol–water partition coefficient (Wildman–Crippen LogP) is 21.2. The highest BCUT2D eigenvalue weighted by atomic mass is 19.1. The number of ether oxygens (including phenoxy) is 6. The predicted molar refractivity (Wildman–Crippen MR) is 347 cm³/mol. The second kappa shape index (κ2) is 45.1. The first kappa shape index (κ1) is 76.8. The van der Waals surface area contributed by atoms with Crippen molar-refractivity contribution in [3.8, 4) is 0 Å². The Labute approximate surface area is 504 Å². The molecule has 6 nitrogen and oxygen atoms in total. The van der Waals surface area contributed by atoms with Gasteiger partial charge in [0.15, 0.2) is 12.6 Å². The molecule has 3 aliphatic carbocycles. The van der Waals surface area contributed by atoms with Crippen LogP contribution in [-0.4, -0.2) is 64.4 Å². The minimum absolute atomic E-state index is 0.0196. The SMILES string of the molecule is CC1=CC[C@@H](C)CC1.CC1=CC[C@H](C)CC1.CC1CCC(C)CC1.CC1COC(C)OC1.CC1COC(C)OC1.C[C@@H]1CC[C@H](C)OC1.C[C@H]1CC[C@@H](C)OC1.Cc1ccc(C)c(F)c1.Cc1ccc(C)c(F)c1.Cc1ccc(C)cc1. The molecular weight excluding hydrogens is 1020 g/mol. The zero-order valence-corrected chi connectivity index (χ0v) is 56.2. The Balaban J connectivity index is 0.000000456. The highest BCUT2D eigenvalue weighted by molar-refractivity contribution is 5.23. The van der Waals surface area contributed by atoms with Crippen molar-refractivity contribution in [1.29, 1.82) is 0 Å². The van der Waals surface area contributed by atoms with E-state index in [0.717, 1.165) is 86.3 Å². The van der Waals surface area contributed by atoms with Crippen LogP contribution in [0.1, 0.15) is 220 Å². The van der Waals surface area contributed by atoms with E-state index in [1.807, 2.05) is 39.8 Å². The molecule has 0 spiro atoms. The number of aryl methyl sites for hydroxylation is 6. The van der Waals surface area contributed by atoms with Gasteiger partial charge in [0.25, 0.3) is 0 Å². The van der Waals surface area contributed by atoms with Crippen molar-refractivity contribution in [3.63, 3.8) is 0 Å². The molecule has 8 heteroatoms. The van der Waals surface area contributed by atoms with Crippen LogP contribution in [0.3, 0.4) is 0 Å². The minimum Gasteiger partial charge on any atom is -0.378 e. The van der Waals surface area contributed by atoms with E-state index in [9.17, 15) is 8.78 Å². The smallest absolute Gasteiger partial charge is 0.154 e. The number of rotatable bonds is 0. The molecule has 82 heavy (non-hydrogen) atoms. The Morgan fingerprint density at radius 2 is 0.585 bits per heavy atom. The molecule has 0 unspecified atom stereocenters. The molecule has 0 bridgehead atoms. The van der Waals surface area contributed by atoms with Gasteiger partial charge in [-0.1, -0.05) is 164 Å². The lowest BCUT2D eigenvalue weighted by Gasteiger charge is -2.24. The number of benzene rings is 3. The average Bonchev–Trinajstić information content (AvgIpc) is 3.45. The fourth-order valence-corrected chi connectivity index (χ4v) is 9.07. The maximum Gasteiger partial charge on any atom is 0.154 e. The Kier molecular flexibility index (Phi) is 42.3. The Morgan fingerprint density at radius 3 is 0.793 bits per heavy atom. The number of hydrogen-bond donors (Lipinski definition) is 0. The molecule has 3 aromatic rings. The van der Waals surface area contributed by atoms with Crippen LogP contribution >= 0.6 is 0 Å². The van der Waals surface area contributed by atoms with Crippen LogP contribution in [0, 0.1) is 101 Å². The van der Waals surface area contributed by atoms with Crippen LogP contribution in [-0.2, 0) is 28.4 Å². The largest absolute Gasteiger partial charge is 0.378 e. The van der Waals surface area contributed by atoms with Crippen molar-refractivity contribution < 1.29 is 37.2 Å². The summed E-state index contributed by atoms with van der Waals surface area (Å²) in [5.74, 6) is 6.44. The van der Waals surface area contributed by atoms with Gasteiger partial charge in [-0.3, -0.25) is 0 Å². The third-order valence-corrected chi connectivity index (χ3v) is 15.9. The molecule has 5 fully saturated rings. The van der Waals surface area contributed by atoms with E-state index < -0.39 is 0 Å². The third-order valence-electron chi connectivity index (χ3n) is 15.9. The second-order valence-corrected chi connectivity index (χ2v) is 26.2. The zero-order chi connectivity index (χ0) is 61.6. The topological polar surface area (TPSA) is 55.4 Å². The summed E-state index contributed by atoms with van der Waals surface area (Å²) < 4.78 is 56.6. The van der Waals surface area contributed by atoms with Gasteiger partial charge < -0.3 is 28.4 Å². The first-order chi connectivity index (χ1) is 38.7. The first-order valence-corrected chi connectivity index (χ1v) is 32.2. The summed E-state index contributed by atoms with van der Waals surface area (Å²) in [7, 11) is 0. The molecule has 10 rings (SSSR count). The molecule has 4 aliphatic heterocycles. The Morgan fingerprint density at radius 1 is 0.305 bits per heavy atom. The van der Waals surface area contributed by atoms with Gasteiger partial charge in [-0.25, -0.2) is 8.78 Å². The lowest BCUT2D eigenvalue weighted by atomic mass is 9.84. The molecule has 470 valence electrons. The van der Waals surface area contributed by atoms with Gasteiger partial charge in [0, 0.05) is 25.0 Å². The van der Waals surface area contributed by atoms with Gasteiger partial charge >= 0.3 is 0 Å². The van der Waals surface area contributed by atoms with Gasteiger partial charge in [-0.2, -0.15) is 0 Å². The normalized spacial score (nSPS) is 28.2. The quantitative estimate of drug-likeness (QED) is 0.209. The van der Waals surface area contributed by atoms with Crippen LogP contribution in [0.4, 0.5) is 8.78 Å². The van der Waals surface area contributed by atoms with E-state index >= 15 is 0 Å². The fraction of sp³-hybridized carbons (Fsp3) is 0.703. The van der Waals surface area contributed by atoms with Gasteiger partial charge in [0.2, 0.25) is 0 Å². The summed E-state index contributed by atoms with van der Waals surface area (Å²) >= 11 is 0. The molecule has 6 atom stereocenters. The summed E-state index contributed by atoms with van der Waals surface area (Å²) in [6, 6.07) is 18.9. The summed E-state index contributed by atoms with van der Waals surface area (Å²) in [4.78, 5) is 0. The lowest BCUT2D eigenvalue weighted by molar-refractivity contribution is -0.187. The number of allylic oxidation sites excluding steroid dienone is 4. The van der Waals surface area contributed by atoms with Crippen molar-refractivity contribution in [2.75, 3.05) is 39.6 Å². The van der Waals surface area contributed by atoms with Crippen molar-refractivity contribution in [1.82, 2.24) is 0 Å². The van der Waals surface area contributed by atoms with E-state index in [0.29, 0.717) is 35.2 Å². The summed E-state index contributed by atoms with van der Waals surface area (Å²) in [6.45, 7) is 47.5. The third kappa shape index (κ3) is 41.7. The standard InChI is InChI=1S/2C8H9F.C8H16.2C8H14.C8H10.2C7H14O.2C6H12O2/c2*1-6-3-4-7(2)8(9)5-6;4*1-7-3-5-8(2)6-4-7;2*1-6-3-4-7(2)8-5-6;2*1-5-3-7-6(2)8-4-5/h2*3-5H,1-2H3;7-8H,3-6H2,1-2H3;2*3,8H,4-6H2,1-2H3;3-6H,1-2H3;2*6-7H,3-5H2,1-2H3;2*5-6H,3-4H2,1-2H3/t;;;2*8-;;2*6-,7+;;/m...10.10../s1. The maximum absolute atomic E-state index is 12.6. The molecule has 0 N–H and O–H groups in total. The van der Waals surface area contributed by atoms with Crippen molar-refractivity contribution >= 4 is 0 Å². The average molecular weight is 1150 g/mol. The molecule has 4 saturated heterocycles. The Hall–Kier alpha value is -3.24. The van der Waals surface area contributed by atoms with Gasteiger partial charge in [0.05, 0.1) is 38.6 Å². The number of hydrogen-bond acceptors (Lipinski definition) is 6. The van der Waals surface area contributed by atoms with Crippen LogP contribution in [0.25, 0.3) is 0 Å². The zero-order valence-electron chi connectivity index (χ0n) is 56.2. The van der Waals surface area contributed by atoms with Crippen molar-refractivity contribution in [3.05, 3.63) is 129 Å². The summed E-state index contributed by atoms with van der Waals surface area (Å²) in [6.07, 6.45) is 25.0. The van der Waals surface area contributed by atoms with Crippen molar-refractivity contribution in [2.24, 2.45) is 47.3 Å². The molecule has 0 aromatic heterocycles. The van der Waals surface area contributed by atoms with E-state index in [1.54, 1.807) is 37.1 Å². The van der Waals surface area contributed by atoms with Gasteiger partial charge in [-0.05, 0) is 217 Å². The molecule has 7 aliphatic rings. The van der Waals surface area contributed by atoms with E-state index in [-0.39, 0.29) is 24.2 Å². The van der Waals surface area contributed by atoms with E-state index in [4.69, 9.17) is 28.4 Å². The Bertz CT molecular complexity index is 1810. The molecule has 1 saturated carbocycles. The number of halogens is 2. The van der Waals surface area contributed by atoms with Crippen molar-refractivity contribution in [2.45, 2.75) is 253 Å². The van der Waals surface area contributed by atoms with E-state index in [2.05, 4.69) is 133 Å². The van der Waals surface area contributed by atoms with Crippen LogP contribution in [0.2, 0.25) is 0 Å². The minimum atomic E-state index is -0.116. The molecule has 0 amide bonds. The highest BCUT2D eigenvalue weighted by Crippen LogP contribution is 2.27.